The molecule has 1 heterocycles. The second-order valence-corrected chi connectivity index (χ2v) is 8.88. The summed E-state index contributed by atoms with van der Waals surface area (Å²) in [5.74, 6) is 0.885. The summed E-state index contributed by atoms with van der Waals surface area (Å²) >= 11 is 0. The van der Waals surface area contributed by atoms with Gasteiger partial charge in [0.05, 0.1) is 35.8 Å². The van der Waals surface area contributed by atoms with Gasteiger partial charge in [-0.15, -0.1) is 0 Å². The average Bonchev–Trinajstić information content (AvgIpc) is 3.09. The fourth-order valence-electron chi connectivity index (χ4n) is 3.32. The van der Waals surface area contributed by atoms with Crippen LogP contribution in [-0.4, -0.2) is 43.6 Å². The zero-order valence-electron chi connectivity index (χ0n) is 16.4. The molecule has 3 aromatic rings. The molecule has 1 atom stereocenters. The molecule has 0 bridgehead atoms. The molecule has 154 valence electrons. The first-order valence-electron chi connectivity index (χ1n) is 8.96. The number of ether oxygens (including phenoxy) is 2. The topological polar surface area (TPSA) is 101 Å². The first-order chi connectivity index (χ1) is 13.7. The van der Waals surface area contributed by atoms with E-state index < -0.39 is 20.8 Å². The SMILES string of the molecule is CCOc1cc(C(CS(C)(=O)=O)n2cc3cccc([N+](=O)[O-])c3c2)ccc1OC. The third-order valence-electron chi connectivity index (χ3n) is 4.57. The van der Waals surface area contributed by atoms with Gasteiger partial charge in [-0.05, 0) is 24.6 Å². The van der Waals surface area contributed by atoms with Gasteiger partial charge in [-0.25, -0.2) is 8.42 Å². The maximum atomic E-state index is 12.1. The van der Waals surface area contributed by atoms with Crippen LogP contribution in [0.1, 0.15) is 18.5 Å². The monoisotopic (exact) mass is 418 g/mol. The summed E-state index contributed by atoms with van der Waals surface area (Å²) in [7, 11) is -1.82. The van der Waals surface area contributed by atoms with Gasteiger partial charge >= 0.3 is 0 Å². The Morgan fingerprint density at radius 1 is 1.17 bits per heavy atom. The second-order valence-electron chi connectivity index (χ2n) is 6.69. The number of aromatic nitrogens is 1. The minimum absolute atomic E-state index is 0.0240. The summed E-state index contributed by atoms with van der Waals surface area (Å²) in [5.41, 5.74) is 0.673. The van der Waals surface area contributed by atoms with Gasteiger partial charge in [0.2, 0.25) is 0 Å². The van der Waals surface area contributed by atoms with E-state index in [0.717, 1.165) is 0 Å². The van der Waals surface area contributed by atoms with Gasteiger partial charge in [-0.3, -0.25) is 10.1 Å². The van der Waals surface area contributed by atoms with Gasteiger partial charge in [0.15, 0.2) is 11.5 Å². The maximum absolute atomic E-state index is 12.1. The van der Waals surface area contributed by atoms with E-state index >= 15 is 0 Å². The van der Waals surface area contributed by atoms with E-state index in [1.165, 1.54) is 19.4 Å². The van der Waals surface area contributed by atoms with Crippen LogP contribution in [0, 0.1) is 10.1 Å². The van der Waals surface area contributed by atoms with Gasteiger partial charge in [0.25, 0.3) is 5.69 Å². The van der Waals surface area contributed by atoms with Crippen LogP contribution in [0.2, 0.25) is 0 Å². The predicted molar refractivity (Wildman–Crippen MR) is 111 cm³/mol. The van der Waals surface area contributed by atoms with Crippen molar-refractivity contribution in [2.75, 3.05) is 25.7 Å². The highest BCUT2D eigenvalue weighted by molar-refractivity contribution is 7.90. The maximum Gasteiger partial charge on any atom is 0.278 e. The number of nitro benzene ring substituents is 1. The van der Waals surface area contributed by atoms with Crippen molar-refractivity contribution in [3.8, 4) is 11.5 Å². The Morgan fingerprint density at radius 2 is 1.93 bits per heavy atom. The number of sulfone groups is 1. The molecule has 1 unspecified atom stereocenters. The van der Waals surface area contributed by atoms with E-state index in [2.05, 4.69) is 0 Å². The van der Waals surface area contributed by atoms with Crippen molar-refractivity contribution < 1.29 is 22.8 Å². The molecule has 3 rings (SSSR count). The van der Waals surface area contributed by atoms with Crippen molar-refractivity contribution in [2.45, 2.75) is 13.0 Å². The van der Waals surface area contributed by atoms with Gasteiger partial charge in [0.1, 0.15) is 9.84 Å². The van der Waals surface area contributed by atoms with E-state index in [9.17, 15) is 18.5 Å². The molecular weight excluding hydrogens is 396 g/mol. The first-order valence-corrected chi connectivity index (χ1v) is 11.0. The number of non-ortho nitro benzene ring substituents is 1. The van der Waals surface area contributed by atoms with Crippen LogP contribution in [0.4, 0.5) is 5.69 Å². The van der Waals surface area contributed by atoms with Crippen LogP contribution in [0.25, 0.3) is 10.8 Å². The molecule has 0 saturated carbocycles. The molecule has 2 aromatic carbocycles. The number of rotatable bonds is 8. The van der Waals surface area contributed by atoms with Crippen molar-refractivity contribution in [1.82, 2.24) is 4.57 Å². The van der Waals surface area contributed by atoms with E-state index in [1.807, 2.05) is 6.92 Å². The van der Waals surface area contributed by atoms with Crippen molar-refractivity contribution in [1.29, 1.82) is 0 Å². The lowest BCUT2D eigenvalue weighted by atomic mass is 10.1. The minimum atomic E-state index is -3.35. The zero-order valence-corrected chi connectivity index (χ0v) is 17.2. The predicted octanol–water partition coefficient (Wildman–Crippen LogP) is 3.59. The van der Waals surface area contributed by atoms with E-state index in [-0.39, 0.29) is 11.4 Å². The van der Waals surface area contributed by atoms with Gasteiger partial charge in [-0.2, -0.15) is 0 Å². The van der Waals surface area contributed by atoms with E-state index in [4.69, 9.17) is 9.47 Å². The van der Waals surface area contributed by atoms with Gasteiger partial charge in [0, 0.05) is 30.1 Å². The van der Waals surface area contributed by atoms with Gasteiger partial charge in [-0.1, -0.05) is 18.2 Å². The Bertz CT molecular complexity index is 1150. The lowest BCUT2D eigenvalue weighted by molar-refractivity contribution is -0.383. The molecule has 0 aliphatic rings. The quantitative estimate of drug-likeness (QED) is 0.409. The molecule has 0 saturated heterocycles. The highest BCUT2D eigenvalue weighted by Gasteiger charge is 2.23. The summed E-state index contributed by atoms with van der Waals surface area (Å²) in [5, 5.41) is 12.5. The van der Waals surface area contributed by atoms with Crippen LogP contribution < -0.4 is 9.47 Å². The third kappa shape index (κ3) is 4.51. The van der Waals surface area contributed by atoms with E-state index in [1.54, 1.807) is 47.3 Å². The Hall–Kier alpha value is -3.07. The van der Waals surface area contributed by atoms with Crippen molar-refractivity contribution in [3.05, 3.63) is 64.5 Å². The molecule has 0 spiro atoms. The number of hydrogen-bond donors (Lipinski definition) is 0. The number of benzene rings is 2. The highest BCUT2D eigenvalue weighted by atomic mass is 32.2. The fourth-order valence-corrected chi connectivity index (χ4v) is 4.26. The lowest BCUT2D eigenvalue weighted by Crippen LogP contribution is -2.19. The molecular formula is C20H22N2O6S. The Labute approximate surface area is 168 Å². The molecule has 9 heteroatoms. The van der Waals surface area contributed by atoms with Crippen LogP contribution in [0.3, 0.4) is 0 Å². The lowest BCUT2D eigenvalue weighted by Gasteiger charge is -2.20. The first kappa shape index (κ1) is 20.7. The molecule has 0 fully saturated rings. The van der Waals surface area contributed by atoms with Gasteiger partial charge < -0.3 is 14.0 Å². The third-order valence-corrected chi connectivity index (χ3v) is 5.49. The summed E-state index contributed by atoms with van der Waals surface area (Å²) in [4.78, 5) is 10.9. The smallest absolute Gasteiger partial charge is 0.278 e. The van der Waals surface area contributed by atoms with Crippen LogP contribution in [0.5, 0.6) is 11.5 Å². The molecule has 1 aromatic heterocycles. The van der Waals surface area contributed by atoms with Crippen LogP contribution in [-0.2, 0) is 9.84 Å². The largest absolute Gasteiger partial charge is 0.493 e. The highest BCUT2D eigenvalue weighted by Crippen LogP contribution is 2.34. The fraction of sp³-hybridized carbons (Fsp3) is 0.300. The van der Waals surface area contributed by atoms with Crippen LogP contribution in [0.15, 0.2) is 48.8 Å². The molecule has 8 nitrogen and oxygen atoms in total. The molecule has 0 aliphatic carbocycles. The van der Waals surface area contributed by atoms with Crippen molar-refractivity contribution >= 4 is 26.3 Å². The Kier molecular flexibility index (Phi) is 5.78. The number of fused-ring (bicyclic) bond motifs is 1. The molecule has 0 radical (unpaired) electrons. The number of nitro groups is 1. The standard InChI is InChI=1S/C20H22N2O6S/c1-4-28-20-10-14(8-9-19(20)27-2)18(13-29(3,25)26)21-11-15-6-5-7-17(22(23)24)16(15)12-21/h5-12,18H,4,13H2,1-3H3. The van der Waals surface area contributed by atoms with E-state index in [0.29, 0.717) is 34.4 Å². The summed E-state index contributed by atoms with van der Waals surface area (Å²) in [6, 6.07) is 9.46. The number of nitrogens with zero attached hydrogens (tertiary/aromatic N) is 2. The van der Waals surface area contributed by atoms with Crippen molar-refractivity contribution in [3.63, 3.8) is 0 Å². The summed E-state index contributed by atoms with van der Waals surface area (Å²) in [6.07, 6.45) is 4.51. The number of methoxy groups -OCH3 is 1. The Balaban J connectivity index is 2.16. The molecule has 0 aliphatic heterocycles. The molecule has 0 amide bonds. The second kappa shape index (κ2) is 8.12. The average molecular weight is 418 g/mol. The molecule has 0 N–H and O–H groups in total. The minimum Gasteiger partial charge on any atom is -0.493 e. The summed E-state index contributed by atoms with van der Waals surface area (Å²) < 4.78 is 36.9. The summed E-state index contributed by atoms with van der Waals surface area (Å²) in [6.45, 7) is 2.27. The molecule has 29 heavy (non-hydrogen) atoms. The Morgan fingerprint density at radius 3 is 2.55 bits per heavy atom. The van der Waals surface area contributed by atoms with Crippen LogP contribution >= 0.6 is 0 Å². The van der Waals surface area contributed by atoms with Crippen molar-refractivity contribution in [2.24, 2.45) is 0 Å². The normalized spacial score (nSPS) is 12.7. The zero-order chi connectivity index (χ0) is 21.2. The number of hydrogen-bond acceptors (Lipinski definition) is 6.